The summed E-state index contributed by atoms with van der Waals surface area (Å²) in [4.78, 5) is 5.08. The van der Waals surface area contributed by atoms with Gasteiger partial charge in [-0.1, -0.05) is 12.8 Å². The van der Waals surface area contributed by atoms with Crippen LogP contribution >= 0.6 is 0 Å². The summed E-state index contributed by atoms with van der Waals surface area (Å²) in [5.74, 6) is 0. The molecule has 2 atom stereocenters. The predicted molar refractivity (Wildman–Crippen MR) is 79.3 cm³/mol. The summed E-state index contributed by atoms with van der Waals surface area (Å²) in [7, 11) is 4.07. The van der Waals surface area contributed by atoms with Crippen LogP contribution in [0, 0.1) is 0 Å². The standard InChI is InChI=1S/C15H31N3O/c1-14(2)12-18(10-9-17(14)3)15(11-16)8-6-5-7-13(15)19-4/h13H,5-12,16H2,1-4H3. The molecule has 1 heterocycles. The Hall–Kier alpha value is -0.160. The topological polar surface area (TPSA) is 41.7 Å². The van der Waals surface area contributed by atoms with Gasteiger partial charge >= 0.3 is 0 Å². The minimum absolute atomic E-state index is 0.0610. The molecule has 112 valence electrons. The minimum atomic E-state index is 0.0610. The summed E-state index contributed by atoms with van der Waals surface area (Å²) in [5, 5.41) is 0. The monoisotopic (exact) mass is 269 g/mol. The smallest absolute Gasteiger partial charge is 0.0767 e. The molecule has 0 aromatic carbocycles. The van der Waals surface area contributed by atoms with E-state index in [0.717, 1.165) is 26.1 Å². The number of rotatable bonds is 3. The number of piperazine rings is 1. The Morgan fingerprint density at radius 1 is 1.26 bits per heavy atom. The highest BCUT2D eigenvalue weighted by molar-refractivity contribution is 5.05. The van der Waals surface area contributed by atoms with E-state index < -0.39 is 0 Å². The molecule has 0 aromatic heterocycles. The van der Waals surface area contributed by atoms with E-state index in [1.165, 1.54) is 19.3 Å². The van der Waals surface area contributed by atoms with Gasteiger partial charge in [-0.25, -0.2) is 0 Å². The molecule has 2 unspecified atom stereocenters. The van der Waals surface area contributed by atoms with Crippen LogP contribution in [0.3, 0.4) is 0 Å². The van der Waals surface area contributed by atoms with Gasteiger partial charge in [0.25, 0.3) is 0 Å². The van der Waals surface area contributed by atoms with Gasteiger partial charge in [0, 0.05) is 38.8 Å². The first kappa shape index (κ1) is 15.2. The number of nitrogens with two attached hydrogens (primary N) is 1. The molecule has 1 saturated heterocycles. The molecule has 1 aliphatic heterocycles. The molecule has 19 heavy (non-hydrogen) atoms. The summed E-state index contributed by atoms with van der Waals surface area (Å²) in [6.07, 6.45) is 5.19. The van der Waals surface area contributed by atoms with E-state index in [2.05, 4.69) is 30.7 Å². The van der Waals surface area contributed by atoms with Crippen molar-refractivity contribution in [1.29, 1.82) is 0 Å². The molecule has 2 fully saturated rings. The summed E-state index contributed by atoms with van der Waals surface area (Å²) in [5.41, 5.74) is 6.50. The first-order valence-corrected chi connectivity index (χ1v) is 7.65. The van der Waals surface area contributed by atoms with Gasteiger partial charge in [0.05, 0.1) is 11.6 Å². The van der Waals surface area contributed by atoms with Gasteiger partial charge in [-0.15, -0.1) is 0 Å². The average molecular weight is 269 g/mol. The number of hydrogen-bond donors (Lipinski definition) is 1. The third-order valence-electron chi connectivity index (χ3n) is 5.51. The van der Waals surface area contributed by atoms with Crippen molar-refractivity contribution >= 4 is 0 Å². The second kappa shape index (κ2) is 5.68. The van der Waals surface area contributed by atoms with Crippen LogP contribution in [-0.2, 0) is 4.74 Å². The number of ether oxygens (including phenoxy) is 1. The molecule has 4 heteroatoms. The Balaban J connectivity index is 2.20. The molecule has 2 rings (SSSR count). The highest BCUT2D eigenvalue weighted by Gasteiger charge is 2.48. The maximum atomic E-state index is 6.22. The van der Waals surface area contributed by atoms with E-state index in [4.69, 9.17) is 10.5 Å². The lowest BCUT2D eigenvalue weighted by atomic mass is 9.76. The van der Waals surface area contributed by atoms with Crippen molar-refractivity contribution in [3.63, 3.8) is 0 Å². The van der Waals surface area contributed by atoms with Crippen molar-refractivity contribution in [2.75, 3.05) is 40.3 Å². The third kappa shape index (κ3) is 2.68. The summed E-state index contributed by atoms with van der Waals surface area (Å²) < 4.78 is 5.81. The van der Waals surface area contributed by atoms with Crippen molar-refractivity contribution in [3.8, 4) is 0 Å². The van der Waals surface area contributed by atoms with Gasteiger partial charge < -0.3 is 10.5 Å². The van der Waals surface area contributed by atoms with Crippen LogP contribution in [-0.4, -0.2) is 67.3 Å². The van der Waals surface area contributed by atoms with Gasteiger partial charge in [0.15, 0.2) is 0 Å². The molecule has 0 radical (unpaired) electrons. The molecule has 1 saturated carbocycles. The lowest BCUT2D eigenvalue weighted by molar-refractivity contribution is -0.108. The Bertz CT molecular complexity index is 308. The second-order valence-corrected chi connectivity index (χ2v) is 6.93. The molecule has 2 N–H and O–H groups in total. The normalized spacial score (nSPS) is 37.4. The molecular formula is C15H31N3O. The van der Waals surface area contributed by atoms with Crippen LogP contribution in [0.25, 0.3) is 0 Å². The summed E-state index contributed by atoms with van der Waals surface area (Å²) in [6, 6.07) is 0. The van der Waals surface area contributed by atoms with E-state index in [-0.39, 0.29) is 11.1 Å². The fourth-order valence-electron chi connectivity index (χ4n) is 3.87. The van der Waals surface area contributed by atoms with Gasteiger partial charge in [0.2, 0.25) is 0 Å². The highest BCUT2D eigenvalue weighted by atomic mass is 16.5. The van der Waals surface area contributed by atoms with Crippen LogP contribution in [0.15, 0.2) is 0 Å². The van der Waals surface area contributed by atoms with Gasteiger partial charge in [-0.3, -0.25) is 9.80 Å². The predicted octanol–water partition coefficient (Wildman–Crippen LogP) is 1.30. The lowest BCUT2D eigenvalue weighted by Crippen LogP contribution is -2.70. The van der Waals surface area contributed by atoms with Gasteiger partial charge in [-0.2, -0.15) is 0 Å². The molecule has 4 nitrogen and oxygen atoms in total. The van der Waals surface area contributed by atoms with E-state index >= 15 is 0 Å². The maximum Gasteiger partial charge on any atom is 0.0767 e. The third-order valence-corrected chi connectivity index (χ3v) is 5.51. The lowest BCUT2D eigenvalue weighted by Gasteiger charge is -2.56. The number of hydrogen-bond acceptors (Lipinski definition) is 4. The van der Waals surface area contributed by atoms with Crippen molar-refractivity contribution in [1.82, 2.24) is 9.80 Å². The zero-order chi connectivity index (χ0) is 14.1. The summed E-state index contributed by atoms with van der Waals surface area (Å²) in [6.45, 7) is 8.68. The Morgan fingerprint density at radius 3 is 2.58 bits per heavy atom. The average Bonchev–Trinajstić information content (AvgIpc) is 2.41. The fourth-order valence-corrected chi connectivity index (χ4v) is 3.87. The van der Waals surface area contributed by atoms with E-state index in [1.807, 2.05) is 7.11 Å². The molecule has 0 amide bonds. The van der Waals surface area contributed by atoms with Crippen molar-refractivity contribution in [3.05, 3.63) is 0 Å². The molecule has 2 aliphatic rings. The molecule has 0 aromatic rings. The van der Waals surface area contributed by atoms with E-state index in [9.17, 15) is 0 Å². The van der Waals surface area contributed by atoms with Crippen molar-refractivity contribution in [2.24, 2.45) is 5.73 Å². The zero-order valence-electron chi connectivity index (χ0n) is 13.1. The SMILES string of the molecule is COC1CCCCC1(CN)N1CCN(C)C(C)(C)C1. The second-order valence-electron chi connectivity index (χ2n) is 6.93. The fraction of sp³-hybridized carbons (Fsp3) is 1.00. The van der Waals surface area contributed by atoms with Crippen LogP contribution in [0.5, 0.6) is 0 Å². The molecule has 1 aliphatic carbocycles. The molecular weight excluding hydrogens is 238 g/mol. The first-order chi connectivity index (χ1) is 8.96. The Labute approximate surface area is 118 Å². The van der Waals surface area contributed by atoms with Gasteiger partial charge in [0.1, 0.15) is 0 Å². The summed E-state index contributed by atoms with van der Waals surface area (Å²) >= 11 is 0. The van der Waals surface area contributed by atoms with Crippen LogP contribution < -0.4 is 5.73 Å². The molecule has 0 spiro atoms. The Morgan fingerprint density at radius 2 is 2.00 bits per heavy atom. The zero-order valence-corrected chi connectivity index (χ0v) is 13.1. The van der Waals surface area contributed by atoms with Crippen LogP contribution in [0.2, 0.25) is 0 Å². The van der Waals surface area contributed by atoms with Crippen LogP contribution in [0.4, 0.5) is 0 Å². The number of nitrogens with zero attached hydrogens (tertiary/aromatic N) is 2. The molecule has 0 bridgehead atoms. The quantitative estimate of drug-likeness (QED) is 0.838. The maximum absolute atomic E-state index is 6.22. The minimum Gasteiger partial charge on any atom is -0.379 e. The van der Waals surface area contributed by atoms with E-state index in [1.54, 1.807) is 0 Å². The first-order valence-electron chi connectivity index (χ1n) is 7.65. The van der Waals surface area contributed by atoms with Crippen molar-refractivity contribution < 1.29 is 4.74 Å². The highest BCUT2D eigenvalue weighted by Crippen LogP contribution is 2.37. The largest absolute Gasteiger partial charge is 0.379 e. The van der Waals surface area contributed by atoms with Gasteiger partial charge in [-0.05, 0) is 33.7 Å². The number of methoxy groups -OCH3 is 1. The number of likely N-dealkylation sites (N-methyl/N-ethyl adjacent to an activating group) is 1. The van der Waals surface area contributed by atoms with Crippen molar-refractivity contribution in [2.45, 2.75) is 56.7 Å². The van der Waals surface area contributed by atoms with E-state index in [0.29, 0.717) is 12.6 Å². The van der Waals surface area contributed by atoms with Crippen LogP contribution in [0.1, 0.15) is 39.5 Å². The Kier molecular flexibility index (Phi) is 4.56.